The predicted octanol–water partition coefficient (Wildman–Crippen LogP) is 0.852. The molecule has 0 unspecified atom stereocenters. The monoisotopic (exact) mass is 317 g/mol. The number of rotatable bonds is 3. The van der Waals surface area contributed by atoms with E-state index in [-0.39, 0.29) is 30.0 Å². The maximum atomic E-state index is 12.7. The number of likely N-dealkylation sites (tertiary alicyclic amines) is 2. The number of hydrogen-bond acceptors (Lipinski definition) is 3. The molecule has 1 aromatic rings. The van der Waals surface area contributed by atoms with E-state index in [0.29, 0.717) is 6.54 Å². The van der Waals surface area contributed by atoms with Crippen LogP contribution >= 0.6 is 0 Å². The lowest BCUT2D eigenvalue weighted by Gasteiger charge is -2.32. The van der Waals surface area contributed by atoms with E-state index < -0.39 is 0 Å². The van der Waals surface area contributed by atoms with Crippen LogP contribution in [0.5, 0.6) is 0 Å². The molecule has 0 bridgehead atoms. The van der Waals surface area contributed by atoms with Crippen molar-refractivity contribution in [1.29, 1.82) is 0 Å². The van der Waals surface area contributed by atoms with Gasteiger partial charge in [0.1, 0.15) is 12.6 Å². The van der Waals surface area contributed by atoms with E-state index >= 15 is 0 Å². The second-order valence-corrected chi connectivity index (χ2v) is 6.30. The third-order valence-corrected chi connectivity index (χ3v) is 4.73. The number of hydrogen-bond donors (Lipinski definition) is 0. The zero-order valence-electron chi connectivity index (χ0n) is 13.3. The van der Waals surface area contributed by atoms with Crippen molar-refractivity contribution in [2.45, 2.75) is 44.7 Å². The minimum Gasteiger partial charge on any atom is -0.341 e. The predicted molar refractivity (Wildman–Crippen MR) is 85.9 cm³/mol. The molecule has 0 aliphatic carbocycles. The summed E-state index contributed by atoms with van der Waals surface area (Å²) >= 11 is 0. The summed E-state index contributed by atoms with van der Waals surface area (Å²) in [5, 5.41) is 0. The van der Waals surface area contributed by atoms with E-state index in [1.165, 1.54) is 17.1 Å². The molecule has 124 valence electrons. The van der Waals surface area contributed by atoms with Gasteiger partial charge in [0.25, 0.3) is 5.56 Å². The molecule has 2 fully saturated rings. The van der Waals surface area contributed by atoms with E-state index in [4.69, 9.17) is 0 Å². The van der Waals surface area contributed by atoms with Crippen molar-refractivity contribution in [3.63, 3.8) is 0 Å². The minimum atomic E-state index is -0.347. The van der Waals surface area contributed by atoms with Gasteiger partial charge >= 0.3 is 0 Å². The average molecular weight is 317 g/mol. The lowest BCUT2D eigenvalue weighted by molar-refractivity contribution is -0.144. The van der Waals surface area contributed by atoms with E-state index in [1.807, 2.05) is 4.90 Å². The molecule has 0 radical (unpaired) electrons. The second-order valence-electron chi connectivity index (χ2n) is 6.30. The standard InChI is InChI=1S/C17H23N3O3/c21-15-8-2-5-11-19(15)13-16(22)20-12-6-7-14(20)17(23)18-9-3-1-4-10-18/h2,5,8,11,14H,1,3-4,6-7,9-10,12-13H2/t14-/m0/s1. The van der Waals surface area contributed by atoms with Crippen molar-refractivity contribution < 1.29 is 9.59 Å². The summed E-state index contributed by atoms with van der Waals surface area (Å²) in [5.74, 6) is -0.0675. The number of aromatic nitrogens is 1. The van der Waals surface area contributed by atoms with E-state index in [0.717, 1.165) is 38.8 Å². The molecule has 0 spiro atoms. The summed E-state index contributed by atoms with van der Waals surface area (Å²) in [6.07, 6.45) is 6.45. The van der Waals surface area contributed by atoms with Gasteiger partial charge in [-0.1, -0.05) is 6.07 Å². The molecule has 3 rings (SSSR count). The van der Waals surface area contributed by atoms with Crippen LogP contribution in [-0.2, 0) is 16.1 Å². The lowest BCUT2D eigenvalue weighted by atomic mass is 10.1. The Morgan fingerprint density at radius 1 is 1.04 bits per heavy atom. The fourth-order valence-electron chi connectivity index (χ4n) is 3.47. The lowest BCUT2D eigenvalue weighted by Crippen LogP contribution is -2.50. The largest absolute Gasteiger partial charge is 0.341 e. The van der Waals surface area contributed by atoms with Gasteiger partial charge in [-0.3, -0.25) is 14.4 Å². The number of carbonyl (C=O) groups is 2. The molecule has 1 atom stereocenters. The van der Waals surface area contributed by atoms with Gasteiger partial charge in [-0.15, -0.1) is 0 Å². The Balaban J connectivity index is 1.68. The van der Waals surface area contributed by atoms with Gasteiger partial charge in [-0.2, -0.15) is 0 Å². The fraction of sp³-hybridized carbons (Fsp3) is 0.588. The molecule has 6 nitrogen and oxygen atoms in total. The van der Waals surface area contributed by atoms with Crippen molar-refractivity contribution in [2.75, 3.05) is 19.6 Å². The smallest absolute Gasteiger partial charge is 0.250 e. The van der Waals surface area contributed by atoms with Crippen molar-refractivity contribution in [3.05, 3.63) is 34.7 Å². The first-order valence-corrected chi connectivity index (χ1v) is 8.40. The molecular formula is C17H23N3O3. The van der Waals surface area contributed by atoms with Crippen LogP contribution in [0.1, 0.15) is 32.1 Å². The molecule has 0 aromatic carbocycles. The van der Waals surface area contributed by atoms with Crippen LogP contribution in [0.15, 0.2) is 29.2 Å². The Bertz CT molecular complexity index is 634. The van der Waals surface area contributed by atoms with Crippen molar-refractivity contribution >= 4 is 11.8 Å². The maximum Gasteiger partial charge on any atom is 0.250 e. The third kappa shape index (κ3) is 3.46. The number of piperidine rings is 1. The molecule has 6 heteroatoms. The highest BCUT2D eigenvalue weighted by molar-refractivity contribution is 5.88. The van der Waals surface area contributed by atoms with E-state index in [1.54, 1.807) is 23.2 Å². The first-order valence-electron chi connectivity index (χ1n) is 8.40. The molecule has 2 aliphatic heterocycles. The van der Waals surface area contributed by atoms with Crippen LogP contribution < -0.4 is 5.56 Å². The van der Waals surface area contributed by atoms with Crippen molar-refractivity contribution in [1.82, 2.24) is 14.4 Å². The van der Waals surface area contributed by atoms with Gasteiger partial charge in [0.05, 0.1) is 0 Å². The Morgan fingerprint density at radius 3 is 2.57 bits per heavy atom. The second kappa shape index (κ2) is 6.98. The van der Waals surface area contributed by atoms with Gasteiger partial charge in [0.15, 0.2) is 0 Å². The van der Waals surface area contributed by atoms with E-state index in [2.05, 4.69) is 0 Å². The van der Waals surface area contributed by atoms with Gasteiger partial charge in [-0.25, -0.2) is 0 Å². The Kier molecular flexibility index (Phi) is 4.79. The minimum absolute atomic E-state index is 0.00343. The molecular weight excluding hydrogens is 294 g/mol. The highest BCUT2D eigenvalue weighted by Gasteiger charge is 2.36. The maximum absolute atomic E-state index is 12.7. The van der Waals surface area contributed by atoms with Crippen LogP contribution in [0, 0.1) is 0 Å². The quantitative estimate of drug-likeness (QED) is 0.830. The molecule has 2 amide bonds. The highest BCUT2D eigenvalue weighted by Crippen LogP contribution is 2.21. The van der Waals surface area contributed by atoms with Crippen molar-refractivity contribution in [2.24, 2.45) is 0 Å². The topological polar surface area (TPSA) is 62.6 Å². The number of nitrogens with zero attached hydrogens (tertiary/aromatic N) is 3. The van der Waals surface area contributed by atoms with Crippen LogP contribution in [0.2, 0.25) is 0 Å². The summed E-state index contributed by atoms with van der Waals surface area (Å²) in [7, 11) is 0. The molecule has 3 heterocycles. The highest BCUT2D eigenvalue weighted by atomic mass is 16.2. The normalized spacial score (nSPS) is 21.5. The first-order chi connectivity index (χ1) is 11.2. The third-order valence-electron chi connectivity index (χ3n) is 4.73. The van der Waals surface area contributed by atoms with Crippen LogP contribution in [0.4, 0.5) is 0 Å². The summed E-state index contributed by atoms with van der Waals surface area (Å²) in [6, 6.07) is 4.48. The molecule has 0 N–H and O–H groups in total. The summed E-state index contributed by atoms with van der Waals surface area (Å²) < 4.78 is 1.39. The number of amides is 2. The number of carbonyl (C=O) groups excluding carboxylic acids is 2. The Morgan fingerprint density at radius 2 is 1.83 bits per heavy atom. The van der Waals surface area contributed by atoms with Crippen molar-refractivity contribution in [3.8, 4) is 0 Å². The Hall–Kier alpha value is -2.11. The van der Waals surface area contributed by atoms with Gasteiger partial charge in [0.2, 0.25) is 11.8 Å². The summed E-state index contributed by atoms with van der Waals surface area (Å²) in [6.45, 7) is 2.21. The van der Waals surface area contributed by atoms with Crippen LogP contribution in [-0.4, -0.2) is 51.9 Å². The zero-order chi connectivity index (χ0) is 16.2. The molecule has 2 saturated heterocycles. The number of pyridine rings is 1. The molecule has 2 aliphatic rings. The van der Waals surface area contributed by atoms with Gasteiger partial charge in [-0.05, 0) is 38.2 Å². The molecule has 23 heavy (non-hydrogen) atoms. The SMILES string of the molecule is O=C([C@@H]1CCCN1C(=O)Cn1ccccc1=O)N1CCCCC1. The van der Waals surface area contributed by atoms with E-state index in [9.17, 15) is 14.4 Å². The Labute approximate surface area is 135 Å². The van der Waals surface area contributed by atoms with Gasteiger partial charge < -0.3 is 14.4 Å². The summed E-state index contributed by atoms with van der Waals surface area (Å²) in [4.78, 5) is 40.6. The molecule has 0 saturated carbocycles. The van der Waals surface area contributed by atoms with Crippen LogP contribution in [0.25, 0.3) is 0 Å². The van der Waals surface area contributed by atoms with Crippen LogP contribution in [0.3, 0.4) is 0 Å². The first kappa shape index (κ1) is 15.8. The zero-order valence-corrected chi connectivity index (χ0v) is 13.3. The summed E-state index contributed by atoms with van der Waals surface area (Å²) in [5.41, 5.74) is -0.195. The molecule has 1 aromatic heterocycles. The fourth-order valence-corrected chi connectivity index (χ4v) is 3.47. The average Bonchev–Trinajstić information content (AvgIpc) is 3.07. The van der Waals surface area contributed by atoms with Gasteiger partial charge in [0, 0.05) is 31.9 Å².